The number of rotatable bonds is 4. The number of aromatic nitrogens is 1. The number of likely N-dealkylation sites (tertiary alicyclic amines) is 1. The van der Waals surface area contributed by atoms with Gasteiger partial charge in [0.15, 0.2) is 0 Å². The number of ether oxygens (including phenoxy) is 1. The molecule has 0 aliphatic carbocycles. The minimum absolute atomic E-state index is 0.00715. The summed E-state index contributed by atoms with van der Waals surface area (Å²) in [4.78, 5) is 19.8. The predicted molar refractivity (Wildman–Crippen MR) is 117 cm³/mol. The van der Waals surface area contributed by atoms with Crippen LogP contribution in [0.1, 0.15) is 35.8 Å². The summed E-state index contributed by atoms with van der Waals surface area (Å²) >= 11 is 0. The number of aryl methyl sites for hydroxylation is 1. The monoisotopic (exact) mass is 389 g/mol. The SMILES string of the molecule is COc1cccc(Nc2cc(C(=O)N3CCC[C@H](C)C3)nc3ccc(C)cc23)c1. The molecule has 5 heteroatoms. The first-order valence-corrected chi connectivity index (χ1v) is 10.2. The summed E-state index contributed by atoms with van der Waals surface area (Å²) in [6.45, 7) is 5.86. The zero-order valence-electron chi connectivity index (χ0n) is 17.2. The molecule has 1 aromatic heterocycles. The smallest absolute Gasteiger partial charge is 0.272 e. The molecule has 29 heavy (non-hydrogen) atoms. The largest absolute Gasteiger partial charge is 0.497 e. The van der Waals surface area contributed by atoms with E-state index in [1.807, 2.05) is 47.4 Å². The molecule has 1 fully saturated rings. The van der Waals surface area contributed by atoms with Crippen molar-refractivity contribution in [3.8, 4) is 5.75 Å². The van der Waals surface area contributed by atoms with Crippen LogP contribution in [0, 0.1) is 12.8 Å². The van der Waals surface area contributed by atoms with Crippen molar-refractivity contribution in [2.24, 2.45) is 5.92 Å². The number of piperidine rings is 1. The summed E-state index contributed by atoms with van der Waals surface area (Å²) in [7, 11) is 1.65. The second-order valence-electron chi connectivity index (χ2n) is 7.93. The van der Waals surface area contributed by atoms with Crippen LogP contribution in [0.3, 0.4) is 0 Å². The van der Waals surface area contributed by atoms with Crippen LogP contribution in [0.25, 0.3) is 10.9 Å². The Balaban J connectivity index is 1.75. The van der Waals surface area contributed by atoms with Gasteiger partial charge in [-0.15, -0.1) is 0 Å². The molecule has 4 rings (SSSR count). The Labute approximate surface area is 171 Å². The van der Waals surface area contributed by atoms with Gasteiger partial charge in [-0.1, -0.05) is 24.6 Å². The zero-order valence-corrected chi connectivity index (χ0v) is 17.2. The average Bonchev–Trinajstić information content (AvgIpc) is 2.73. The molecule has 0 spiro atoms. The number of pyridine rings is 1. The van der Waals surface area contributed by atoms with Crippen LogP contribution >= 0.6 is 0 Å². The number of carbonyl (C=O) groups excluding carboxylic acids is 1. The van der Waals surface area contributed by atoms with Gasteiger partial charge in [0.05, 0.1) is 18.3 Å². The fraction of sp³-hybridized carbons (Fsp3) is 0.333. The molecule has 2 aromatic carbocycles. The lowest BCUT2D eigenvalue weighted by Crippen LogP contribution is -2.39. The number of methoxy groups -OCH3 is 1. The Kier molecular flexibility index (Phi) is 5.38. The van der Waals surface area contributed by atoms with Crippen molar-refractivity contribution in [2.75, 3.05) is 25.5 Å². The Morgan fingerprint density at radius 3 is 2.86 bits per heavy atom. The van der Waals surface area contributed by atoms with Gasteiger partial charge in [0, 0.05) is 30.2 Å². The predicted octanol–water partition coefficient (Wildman–Crippen LogP) is 5.17. The summed E-state index contributed by atoms with van der Waals surface area (Å²) in [6, 6.07) is 15.8. The highest BCUT2D eigenvalue weighted by atomic mass is 16.5. The topological polar surface area (TPSA) is 54.5 Å². The van der Waals surface area contributed by atoms with Gasteiger partial charge < -0.3 is 15.0 Å². The third-order valence-electron chi connectivity index (χ3n) is 5.48. The molecule has 3 aromatic rings. The van der Waals surface area contributed by atoms with Gasteiger partial charge in [-0.05, 0) is 56.0 Å². The fourth-order valence-electron chi connectivity index (χ4n) is 3.94. The van der Waals surface area contributed by atoms with Crippen molar-refractivity contribution in [1.82, 2.24) is 9.88 Å². The lowest BCUT2D eigenvalue weighted by Gasteiger charge is -2.30. The summed E-state index contributed by atoms with van der Waals surface area (Å²) in [5, 5.41) is 4.46. The van der Waals surface area contributed by atoms with Crippen molar-refractivity contribution in [1.29, 1.82) is 0 Å². The number of benzene rings is 2. The molecule has 1 N–H and O–H groups in total. The molecule has 2 heterocycles. The van der Waals surface area contributed by atoms with Gasteiger partial charge in [-0.3, -0.25) is 4.79 Å². The first-order chi connectivity index (χ1) is 14.0. The van der Waals surface area contributed by atoms with Gasteiger partial charge in [0.1, 0.15) is 11.4 Å². The number of amides is 1. The number of nitrogens with zero attached hydrogens (tertiary/aromatic N) is 2. The van der Waals surface area contributed by atoms with E-state index in [1.54, 1.807) is 7.11 Å². The first-order valence-electron chi connectivity index (χ1n) is 10.2. The van der Waals surface area contributed by atoms with E-state index >= 15 is 0 Å². The molecule has 5 nitrogen and oxygen atoms in total. The molecule has 0 radical (unpaired) electrons. The summed E-state index contributed by atoms with van der Waals surface area (Å²) in [5.74, 6) is 1.32. The van der Waals surface area contributed by atoms with E-state index in [2.05, 4.69) is 25.2 Å². The molecule has 1 atom stereocenters. The van der Waals surface area contributed by atoms with Gasteiger partial charge in [0.25, 0.3) is 5.91 Å². The standard InChI is InChI=1S/C24H27N3O2/c1-16-9-10-21-20(12-16)22(25-18-7-4-8-19(13-18)29-3)14-23(26-21)24(28)27-11-5-6-17(2)15-27/h4,7-10,12-14,17H,5-6,11,15H2,1-3H3,(H,25,26)/t17-/m0/s1. The quantitative estimate of drug-likeness (QED) is 0.669. The maximum absolute atomic E-state index is 13.2. The molecule has 1 aliphatic rings. The first kappa shape index (κ1) is 19.2. The number of anilines is 2. The molecular formula is C24H27N3O2. The van der Waals surface area contributed by atoms with E-state index in [0.717, 1.165) is 53.1 Å². The Morgan fingerprint density at radius 1 is 1.21 bits per heavy atom. The van der Waals surface area contributed by atoms with Crippen LogP contribution in [0.2, 0.25) is 0 Å². The Hall–Kier alpha value is -3.08. The fourth-order valence-corrected chi connectivity index (χ4v) is 3.94. The van der Waals surface area contributed by atoms with Crippen molar-refractivity contribution in [3.63, 3.8) is 0 Å². The van der Waals surface area contributed by atoms with E-state index in [9.17, 15) is 4.79 Å². The van der Waals surface area contributed by atoms with Crippen molar-refractivity contribution >= 4 is 28.2 Å². The van der Waals surface area contributed by atoms with E-state index in [-0.39, 0.29) is 5.91 Å². The molecule has 1 aliphatic heterocycles. The number of fused-ring (bicyclic) bond motifs is 1. The second-order valence-corrected chi connectivity index (χ2v) is 7.93. The van der Waals surface area contributed by atoms with Crippen LogP contribution in [-0.4, -0.2) is 36.0 Å². The van der Waals surface area contributed by atoms with Crippen LogP contribution in [0.15, 0.2) is 48.5 Å². The third-order valence-corrected chi connectivity index (χ3v) is 5.48. The highest BCUT2D eigenvalue weighted by Gasteiger charge is 2.24. The molecular weight excluding hydrogens is 362 g/mol. The van der Waals surface area contributed by atoms with Crippen LogP contribution in [0.4, 0.5) is 11.4 Å². The number of hydrogen-bond donors (Lipinski definition) is 1. The van der Waals surface area contributed by atoms with E-state index in [1.165, 1.54) is 6.42 Å². The van der Waals surface area contributed by atoms with Crippen molar-refractivity contribution in [3.05, 3.63) is 59.8 Å². The van der Waals surface area contributed by atoms with Crippen molar-refractivity contribution in [2.45, 2.75) is 26.7 Å². The number of hydrogen-bond acceptors (Lipinski definition) is 4. The van der Waals surface area contributed by atoms with Gasteiger partial charge >= 0.3 is 0 Å². The molecule has 0 bridgehead atoms. The Bertz CT molecular complexity index is 1050. The average molecular weight is 389 g/mol. The van der Waals surface area contributed by atoms with E-state index < -0.39 is 0 Å². The third kappa shape index (κ3) is 4.19. The van der Waals surface area contributed by atoms with Crippen LogP contribution in [0.5, 0.6) is 5.75 Å². The molecule has 0 unspecified atom stereocenters. The maximum atomic E-state index is 13.2. The second kappa shape index (κ2) is 8.11. The van der Waals surface area contributed by atoms with E-state index in [4.69, 9.17) is 9.72 Å². The minimum atomic E-state index is 0.00715. The highest BCUT2D eigenvalue weighted by Crippen LogP contribution is 2.30. The van der Waals surface area contributed by atoms with E-state index in [0.29, 0.717) is 11.6 Å². The lowest BCUT2D eigenvalue weighted by molar-refractivity contribution is 0.0677. The normalized spacial score (nSPS) is 16.7. The zero-order chi connectivity index (χ0) is 20.4. The van der Waals surface area contributed by atoms with Crippen LogP contribution in [-0.2, 0) is 0 Å². The molecule has 1 saturated heterocycles. The Morgan fingerprint density at radius 2 is 2.07 bits per heavy atom. The number of carbonyl (C=O) groups is 1. The summed E-state index contributed by atoms with van der Waals surface area (Å²) in [6.07, 6.45) is 2.23. The highest BCUT2D eigenvalue weighted by molar-refractivity contribution is 6.00. The summed E-state index contributed by atoms with van der Waals surface area (Å²) in [5.41, 5.74) is 4.23. The lowest BCUT2D eigenvalue weighted by atomic mass is 10.00. The van der Waals surface area contributed by atoms with Crippen LogP contribution < -0.4 is 10.1 Å². The minimum Gasteiger partial charge on any atom is -0.497 e. The molecule has 1 amide bonds. The van der Waals surface area contributed by atoms with Crippen molar-refractivity contribution < 1.29 is 9.53 Å². The van der Waals surface area contributed by atoms with Gasteiger partial charge in [-0.2, -0.15) is 0 Å². The van der Waals surface area contributed by atoms with Gasteiger partial charge in [0.2, 0.25) is 0 Å². The molecule has 150 valence electrons. The van der Waals surface area contributed by atoms with Gasteiger partial charge in [-0.25, -0.2) is 4.98 Å². The molecule has 0 saturated carbocycles. The maximum Gasteiger partial charge on any atom is 0.272 e. The summed E-state index contributed by atoms with van der Waals surface area (Å²) < 4.78 is 5.34. The number of nitrogens with one attached hydrogen (secondary N) is 1.